The first-order chi connectivity index (χ1) is 22.7. The number of hydrogen-bond acceptors (Lipinski definition) is 11. The number of aliphatic carboxylic acids is 1. The average molecular weight is 717 g/mol. The number of aliphatic imine (C=N–C) groups is 1. The molecular formula is C33H60N6O11. The van der Waals surface area contributed by atoms with Gasteiger partial charge in [0.1, 0.15) is 28.1 Å². The van der Waals surface area contributed by atoms with Gasteiger partial charge in [-0.15, -0.1) is 0 Å². The first kappa shape index (κ1) is 45.7. The number of carbonyl (C=O) groups excluding carboxylic acids is 5. The molecule has 0 aliphatic heterocycles. The molecule has 0 radical (unpaired) electrons. The zero-order chi connectivity index (χ0) is 38.8. The Hall–Kier alpha value is -4.31. The zero-order valence-corrected chi connectivity index (χ0v) is 31.6. The van der Waals surface area contributed by atoms with E-state index in [9.17, 15) is 28.8 Å². The van der Waals surface area contributed by atoms with Crippen LogP contribution in [0.5, 0.6) is 0 Å². The number of nitrogens with zero attached hydrogens (tertiary/aromatic N) is 1. The van der Waals surface area contributed by atoms with E-state index in [0.717, 1.165) is 6.34 Å². The van der Waals surface area contributed by atoms with Crippen molar-refractivity contribution < 1.29 is 52.8 Å². The second-order valence-electron chi connectivity index (χ2n) is 15.4. The number of ether oxygens (including phenoxy) is 4. The van der Waals surface area contributed by atoms with Gasteiger partial charge in [0.05, 0.1) is 19.4 Å². The molecule has 0 aliphatic carbocycles. The van der Waals surface area contributed by atoms with Gasteiger partial charge in [0, 0.05) is 19.4 Å². The lowest BCUT2D eigenvalue weighted by atomic mass is 10.0. The Morgan fingerprint density at radius 1 is 0.620 bits per heavy atom. The number of carbonyl (C=O) groups is 6. The molecule has 0 bridgehead atoms. The van der Waals surface area contributed by atoms with Gasteiger partial charge in [-0.3, -0.25) is 30.5 Å². The number of amides is 5. The van der Waals surface area contributed by atoms with Gasteiger partial charge in [0.15, 0.2) is 0 Å². The fourth-order valence-electron chi connectivity index (χ4n) is 3.97. The van der Waals surface area contributed by atoms with Crippen LogP contribution in [0.15, 0.2) is 4.99 Å². The van der Waals surface area contributed by atoms with Crippen LogP contribution in [0.4, 0.5) is 19.2 Å². The zero-order valence-electron chi connectivity index (χ0n) is 31.6. The molecular weight excluding hydrogens is 656 g/mol. The van der Waals surface area contributed by atoms with Crippen molar-refractivity contribution in [2.24, 2.45) is 4.99 Å². The molecule has 0 saturated heterocycles. The number of rotatable bonds is 18. The summed E-state index contributed by atoms with van der Waals surface area (Å²) >= 11 is 0. The van der Waals surface area contributed by atoms with Crippen LogP contribution in [0, 0.1) is 0 Å². The molecule has 0 rings (SSSR count). The fraction of sp³-hybridized carbons (Fsp3) is 0.788. The topological polar surface area (TPSA) is 232 Å². The standard InChI is InChI=1S/C33H60N6O11/c1-29(2,3)47-25(43)36-20-32(10,11)50-26(44)37-22-34-21-33(38-27(45)48-30(4,5)6,39-28(46)49-31(7,8)9)18-15-16-23(40)35-19-14-12-13-17-24(41)42/h22H,12-21H2,1-11H3,(H,35,40)(H,36,43)(H,38,45)(H,39,46)(H,41,42)(H,34,37,44). The Bertz CT molecular complexity index is 1140. The van der Waals surface area contributed by atoms with Crippen molar-refractivity contribution in [2.75, 3.05) is 19.6 Å². The maximum atomic E-state index is 13.0. The molecule has 17 nitrogen and oxygen atoms in total. The van der Waals surface area contributed by atoms with Gasteiger partial charge in [0.25, 0.3) is 0 Å². The van der Waals surface area contributed by atoms with Crippen LogP contribution in [0.2, 0.25) is 0 Å². The minimum atomic E-state index is -1.62. The number of carboxylic acids is 1. The number of carboxylic acid groups (broad SMARTS) is 1. The third kappa shape index (κ3) is 25.7. The summed E-state index contributed by atoms with van der Waals surface area (Å²) in [5.41, 5.74) is -5.22. The third-order valence-corrected chi connectivity index (χ3v) is 5.94. The first-order valence-corrected chi connectivity index (χ1v) is 16.7. The Morgan fingerprint density at radius 3 is 1.64 bits per heavy atom. The lowest BCUT2D eigenvalue weighted by molar-refractivity contribution is -0.137. The van der Waals surface area contributed by atoms with Crippen molar-refractivity contribution in [3.8, 4) is 0 Å². The average Bonchev–Trinajstić information content (AvgIpc) is 2.88. The van der Waals surface area contributed by atoms with Crippen LogP contribution < -0.4 is 26.6 Å². The highest BCUT2D eigenvalue weighted by atomic mass is 16.6. The van der Waals surface area contributed by atoms with E-state index < -0.39 is 58.4 Å². The van der Waals surface area contributed by atoms with Crippen LogP contribution in [-0.2, 0) is 28.5 Å². The molecule has 0 fully saturated rings. The van der Waals surface area contributed by atoms with Crippen LogP contribution in [0.3, 0.4) is 0 Å². The maximum Gasteiger partial charge on any atom is 0.412 e. The molecule has 0 aromatic heterocycles. The van der Waals surface area contributed by atoms with Gasteiger partial charge >= 0.3 is 30.3 Å². The van der Waals surface area contributed by atoms with E-state index in [2.05, 4.69) is 31.6 Å². The highest BCUT2D eigenvalue weighted by molar-refractivity contribution is 5.82. The molecule has 5 amide bonds. The van der Waals surface area contributed by atoms with Crippen LogP contribution in [0.1, 0.15) is 121 Å². The monoisotopic (exact) mass is 716 g/mol. The van der Waals surface area contributed by atoms with Gasteiger partial charge in [-0.25, -0.2) is 19.2 Å². The Balaban J connectivity index is 5.74. The summed E-state index contributed by atoms with van der Waals surface area (Å²) in [6.45, 7) is 18.3. The second kappa shape index (κ2) is 20.4. The van der Waals surface area contributed by atoms with Crippen molar-refractivity contribution in [1.82, 2.24) is 26.6 Å². The minimum absolute atomic E-state index is 0.00265. The molecule has 0 spiro atoms. The van der Waals surface area contributed by atoms with E-state index in [0.29, 0.717) is 25.8 Å². The van der Waals surface area contributed by atoms with Crippen molar-refractivity contribution in [1.29, 1.82) is 0 Å². The summed E-state index contributed by atoms with van der Waals surface area (Å²) in [4.78, 5) is 77.9. The summed E-state index contributed by atoms with van der Waals surface area (Å²) in [5.74, 6) is -1.14. The number of nitrogens with one attached hydrogen (secondary N) is 5. The molecule has 0 aromatic rings. The Morgan fingerprint density at radius 2 is 1.14 bits per heavy atom. The summed E-state index contributed by atoms with van der Waals surface area (Å²) in [7, 11) is 0. The quantitative estimate of drug-likeness (QED) is 0.0373. The smallest absolute Gasteiger partial charge is 0.412 e. The normalized spacial score (nSPS) is 12.4. The summed E-state index contributed by atoms with van der Waals surface area (Å²) in [6.07, 6.45) is -0.233. The van der Waals surface area contributed by atoms with E-state index in [-0.39, 0.29) is 44.7 Å². The highest BCUT2D eigenvalue weighted by Crippen LogP contribution is 2.18. The van der Waals surface area contributed by atoms with Crippen molar-refractivity contribution in [3.63, 3.8) is 0 Å². The number of hydrogen-bond donors (Lipinski definition) is 6. The van der Waals surface area contributed by atoms with Gasteiger partial charge in [-0.2, -0.15) is 0 Å². The lowest BCUT2D eigenvalue weighted by Crippen LogP contribution is -2.63. The highest BCUT2D eigenvalue weighted by Gasteiger charge is 2.37. The predicted molar refractivity (Wildman–Crippen MR) is 186 cm³/mol. The van der Waals surface area contributed by atoms with Crippen molar-refractivity contribution in [3.05, 3.63) is 0 Å². The van der Waals surface area contributed by atoms with Crippen molar-refractivity contribution >= 4 is 42.6 Å². The molecule has 17 heteroatoms. The van der Waals surface area contributed by atoms with E-state index in [1.54, 1.807) is 76.2 Å². The summed E-state index contributed by atoms with van der Waals surface area (Å²) in [6, 6.07) is 0. The van der Waals surface area contributed by atoms with Crippen LogP contribution in [-0.4, -0.2) is 95.4 Å². The summed E-state index contributed by atoms with van der Waals surface area (Å²) < 4.78 is 21.4. The van der Waals surface area contributed by atoms with Gasteiger partial charge < -0.3 is 34.7 Å². The minimum Gasteiger partial charge on any atom is -0.481 e. The SMILES string of the molecule is CC(C)(C)OC(=O)NCC(C)(C)OC(=O)NC=NCC(CCCC(=O)NCCCCCC(=O)O)(NC(=O)OC(C)(C)C)NC(=O)OC(C)(C)C. The summed E-state index contributed by atoms with van der Waals surface area (Å²) in [5, 5.41) is 21.7. The molecule has 0 unspecified atom stereocenters. The fourth-order valence-corrected chi connectivity index (χ4v) is 3.97. The third-order valence-electron chi connectivity index (χ3n) is 5.94. The van der Waals surface area contributed by atoms with Gasteiger partial charge in [-0.05, 0) is 102 Å². The Kier molecular flexibility index (Phi) is 18.6. The predicted octanol–water partition coefficient (Wildman–Crippen LogP) is 4.72. The molecule has 0 saturated carbocycles. The van der Waals surface area contributed by atoms with E-state index >= 15 is 0 Å². The lowest BCUT2D eigenvalue weighted by Gasteiger charge is -2.35. The second-order valence-corrected chi connectivity index (χ2v) is 15.4. The molecule has 0 aromatic carbocycles. The van der Waals surface area contributed by atoms with Crippen LogP contribution in [0.25, 0.3) is 0 Å². The van der Waals surface area contributed by atoms with E-state index in [1.807, 2.05) is 0 Å². The van der Waals surface area contributed by atoms with Gasteiger partial charge in [0.2, 0.25) is 5.91 Å². The first-order valence-electron chi connectivity index (χ1n) is 16.7. The van der Waals surface area contributed by atoms with Gasteiger partial charge in [-0.1, -0.05) is 6.42 Å². The van der Waals surface area contributed by atoms with E-state index in [1.165, 1.54) is 0 Å². The molecule has 0 aliphatic rings. The molecule has 0 atom stereocenters. The molecule has 0 heterocycles. The Labute approximate surface area is 295 Å². The molecule has 6 N–H and O–H groups in total. The van der Waals surface area contributed by atoms with Crippen LogP contribution >= 0.6 is 0 Å². The molecule has 288 valence electrons. The van der Waals surface area contributed by atoms with E-state index in [4.69, 9.17) is 24.1 Å². The number of alkyl carbamates (subject to hydrolysis) is 4. The number of unbranched alkanes of at least 4 members (excludes halogenated alkanes) is 2. The molecule has 50 heavy (non-hydrogen) atoms. The van der Waals surface area contributed by atoms with Crippen molar-refractivity contribution in [2.45, 2.75) is 149 Å². The largest absolute Gasteiger partial charge is 0.481 e. The maximum absolute atomic E-state index is 13.0.